The van der Waals surface area contributed by atoms with Crippen LogP contribution in [0.4, 0.5) is 11.6 Å². The molecule has 0 radical (unpaired) electrons. The quantitative estimate of drug-likeness (QED) is 0.211. The summed E-state index contributed by atoms with van der Waals surface area (Å²) in [5.41, 5.74) is 13.1. The van der Waals surface area contributed by atoms with Crippen molar-refractivity contribution >= 4 is 34.0 Å². The molecule has 1 aliphatic rings. The number of nitrogens with zero attached hydrogens (tertiary/aromatic N) is 6. The third kappa shape index (κ3) is 6.19. The van der Waals surface area contributed by atoms with E-state index in [-0.39, 0.29) is 11.9 Å². The zero-order valence-electron chi connectivity index (χ0n) is 25.9. The van der Waals surface area contributed by atoms with E-state index < -0.39 is 0 Å². The number of aromatic nitrogens is 5. The fourth-order valence-corrected chi connectivity index (χ4v) is 5.87. The third-order valence-corrected chi connectivity index (χ3v) is 8.24. The van der Waals surface area contributed by atoms with Crippen LogP contribution in [-0.2, 0) is 17.6 Å². The molecule has 9 heteroatoms. The highest BCUT2D eigenvalue weighted by atomic mass is 16.1. The summed E-state index contributed by atoms with van der Waals surface area (Å²) in [7, 11) is 0. The number of carbonyl (C=O) groups is 1. The Hall–Kier alpha value is -4.63. The van der Waals surface area contributed by atoms with E-state index in [0.29, 0.717) is 12.3 Å². The van der Waals surface area contributed by atoms with Gasteiger partial charge in [-0.05, 0) is 68.2 Å². The van der Waals surface area contributed by atoms with Crippen molar-refractivity contribution in [3.8, 4) is 11.3 Å². The number of aryl methyl sites for hydroxylation is 2. The van der Waals surface area contributed by atoms with Crippen LogP contribution in [-0.4, -0.2) is 49.6 Å². The number of piperidine rings is 1. The Morgan fingerprint density at radius 1 is 1.07 bits per heavy atom. The van der Waals surface area contributed by atoms with Crippen molar-refractivity contribution in [2.24, 2.45) is 5.73 Å². The van der Waals surface area contributed by atoms with E-state index in [1.165, 1.54) is 5.56 Å². The summed E-state index contributed by atoms with van der Waals surface area (Å²) in [6, 6.07) is 16.6. The number of pyridine rings is 1. The van der Waals surface area contributed by atoms with Crippen LogP contribution in [0.2, 0.25) is 0 Å². The van der Waals surface area contributed by atoms with Crippen molar-refractivity contribution in [3.05, 3.63) is 89.5 Å². The molecule has 226 valence electrons. The molecule has 5 aromatic rings. The van der Waals surface area contributed by atoms with Gasteiger partial charge in [-0.2, -0.15) is 15.1 Å². The minimum absolute atomic E-state index is 0.132. The van der Waals surface area contributed by atoms with Crippen LogP contribution in [0, 0.1) is 0 Å². The maximum atomic E-state index is 12.3. The number of allylic oxidation sites excluding steroid dienone is 1. The van der Waals surface area contributed by atoms with Crippen LogP contribution in [0.15, 0.2) is 72.6 Å². The van der Waals surface area contributed by atoms with Gasteiger partial charge in [0.2, 0.25) is 11.9 Å². The van der Waals surface area contributed by atoms with Gasteiger partial charge in [-0.1, -0.05) is 49.8 Å². The molecular weight excluding hydrogens is 548 g/mol. The molecular formula is C35H40N8O. The molecule has 3 N–H and O–H groups in total. The average Bonchev–Trinajstić information content (AvgIpc) is 3.44. The predicted octanol–water partition coefficient (Wildman–Crippen LogP) is 6.08. The predicted molar refractivity (Wildman–Crippen MR) is 177 cm³/mol. The van der Waals surface area contributed by atoms with Gasteiger partial charge < -0.3 is 16.0 Å². The van der Waals surface area contributed by atoms with E-state index in [2.05, 4.69) is 48.3 Å². The van der Waals surface area contributed by atoms with E-state index in [1.807, 2.05) is 55.0 Å². The van der Waals surface area contributed by atoms with Crippen molar-refractivity contribution < 1.29 is 4.79 Å². The molecule has 44 heavy (non-hydrogen) atoms. The largest absolute Gasteiger partial charge is 0.341 e. The van der Waals surface area contributed by atoms with E-state index in [1.54, 1.807) is 6.08 Å². The van der Waals surface area contributed by atoms with Crippen LogP contribution in [0.5, 0.6) is 0 Å². The number of rotatable bonds is 8. The lowest BCUT2D eigenvalue weighted by Crippen LogP contribution is -2.40. The maximum absolute atomic E-state index is 12.3. The second-order valence-corrected chi connectivity index (χ2v) is 12.2. The van der Waals surface area contributed by atoms with Crippen LogP contribution < -0.4 is 16.0 Å². The Morgan fingerprint density at radius 3 is 2.64 bits per heavy atom. The third-order valence-electron chi connectivity index (χ3n) is 8.24. The molecule has 1 saturated heterocycles. The molecule has 0 saturated carbocycles. The zero-order chi connectivity index (χ0) is 30.8. The highest BCUT2D eigenvalue weighted by Crippen LogP contribution is 2.32. The van der Waals surface area contributed by atoms with Gasteiger partial charge in [0.1, 0.15) is 5.82 Å². The number of nitrogens with one attached hydrogen (secondary N) is 1. The van der Waals surface area contributed by atoms with E-state index in [4.69, 9.17) is 25.8 Å². The summed E-state index contributed by atoms with van der Waals surface area (Å²) in [6.45, 7) is 9.88. The number of nitrogens with two attached hydrogens (primary N) is 1. The molecule has 3 aromatic heterocycles. The molecule has 4 heterocycles. The van der Waals surface area contributed by atoms with Gasteiger partial charge in [0.25, 0.3) is 0 Å². The summed E-state index contributed by atoms with van der Waals surface area (Å²) in [4.78, 5) is 29.4. The number of hydrogen-bond donors (Lipinski definition) is 2. The van der Waals surface area contributed by atoms with E-state index in [9.17, 15) is 4.79 Å². The SMILES string of the molecule is CC(C)=CC(=O)Nc1ccc2c(-c3ccccc3CCc3nc(N4CCC(N)CC4)nc4c(C(C)C)cnn34)nccc2c1. The van der Waals surface area contributed by atoms with E-state index in [0.717, 1.165) is 88.6 Å². The number of hydrogen-bond acceptors (Lipinski definition) is 7. The summed E-state index contributed by atoms with van der Waals surface area (Å²) < 4.78 is 1.92. The molecule has 0 spiro atoms. The lowest BCUT2D eigenvalue weighted by Gasteiger charge is -2.30. The summed E-state index contributed by atoms with van der Waals surface area (Å²) in [6.07, 6.45) is 8.70. The Bertz CT molecular complexity index is 1840. The smallest absolute Gasteiger partial charge is 0.248 e. The molecule has 6 rings (SSSR count). The van der Waals surface area contributed by atoms with Crippen molar-refractivity contribution in [1.29, 1.82) is 0 Å². The van der Waals surface area contributed by atoms with Gasteiger partial charge in [0, 0.05) is 60.0 Å². The van der Waals surface area contributed by atoms with Crippen LogP contribution in [0.1, 0.15) is 63.4 Å². The minimum atomic E-state index is -0.132. The highest BCUT2D eigenvalue weighted by Gasteiger charge is 2.22. The standard InChI is InChI=1S/C35H40N8O/c1-22(2)19-32(44)39-27-10-11-29-25(20-27)13-16-37-33(29)28-8-6-5-7-24(28)9-12-31-40-35(42-17-14-26(36)15-18-42)41-34-30(23(3)4)21-38-43(31)34/h5-8,10-11,13,16,19-21,23,26H,9,12,14-15,17-18,36H2,1-4H3,(H,39,44). The first-order valence-corrected chi connectivity index (χ1v) is 15.4. The number of amides is 1. The fraction of sp³-hybridized carbons (Fsp3) is 0.343. The molecule has 0 aliphatic carbocycles. The summed E-state index contributed by atoms with van der Waals surface area (Å²) in [5.74, 6) is 1.83. The Balaban J connectivity index is 1.32. The van der Waals surface area contributed by atoms with Gasteiger partial charge >= 0.3 is 0 Å². The van der Waals surface area contributed by atoms with Crippen LogP contribution in [0.25, 0.3) is 27.7 Å². The lowest BCUT2D eigenvalue weighted by molar-refractivity contribution is -0.111. The number of benzene rings is 2. The zero-order valence-corrected chi connectivity index (χ0v) is 25.9. The van der Waals surface area contributed by atoms with Crippen molar-refractivity contribution in [2.75, 3.05) is 23.3 Å². The summed E-state index contributed by atoms with van der Waals surface area (Å²) >= 11 is 0. The second-order valence-electron chi connectivity index (χ2n) is 12.2. The molecule has 0 bridgehead atoms. The van der Waals surface area contributed by atoms with Crippen molar-refractivity contribution in [2.45, 2.75) is 65.3 Å². The first-order chi connectivity index (χ1) is 21.3. The molecule has 0 atom stereocenters. The number of carbonyl (C=O) groups excluding carboxylic acids is 1. The average molecular weight is 589 g/mol. The topological polar surface area (TPSA) is 114 Å². The molecule has 0 unspecified atom stereocenters. The molecule has 1 aliphatic heterocycles. The van der Waals surface area contributed by atoms with E-state index >= 15 is 0 Å². The Morgan fingerprint density at radius 2 is 1.86 bits per heavy atom. The Kier molecular flexibility index (Phi) is 8.39. The monoisotopic (exact) mass is 588 g/mol. The van der Waals surface area contributed by atoms with Gasteiger partial charge in [-0.3, -0.25) is 9.78 Å². The van der Waals surface area contributed by atoms with Gasteiger partial charge in [0.15, 0.2) is 5.65 Å². The molecule has 1 fully saturated rings. The number of fused-ring (bicyclic) bond motifs is 2. The molecule has 1 amide bonds. The first kappa shape index (κ1) is 29.4. The van der Waals surface area contributed by atoms with Gasteiger partial charge in [0.05, 0.1) is 11.9 Å². The maximum Gasteiger partial charge on any atom is 0.248 e. The van der Waals surface area contributed by atoms with Crippen LogP contribution >= 0.6 is 0 Å². The lowest BCUT2D eigenvalue weighted by atomic mass is 9.96. The number of anilines is 2. The van der Waals surface area contributed by atoms with Crippen LogP contribution in [0.3, 0.4) is 0 Å². The minimum Gasteiger partial charge on any atom is -0.341 e. The molecule has 2 aromatic carbocycles. The normalized spacial score (nSPS) is 14.0. The fourth-order valence-electron chi connectivity index (χ4n) is 5.87. The Labute approximate surface area is 258 Å². The second kappa shape index (κ2) is 12.5. The molecule has 9 nitrogen and oxygen atoms in total. The van der Waals surface area contributed by atoms with Gasteiger partial charge in [-0.15, -0.1) is 0 Å². The van der Waals surface area contributed by atoms with Crippen molar-refractivity contribution in [1.82, 2.24) is 24.6 Å². The summed E-state index contributed by atoms with van der Waals surface area (Å²) in [5, 5.41) is 9.73. The van der Waals surface area contributed by atoms with Crippen molar-refractivity contribution in [3.63, 3.8) is 0 Å². The first-order valence-electron chi connectivity index (χ1n) is 15.4. The highest BCUT2D eigenvalue weighted by molar-refractivity contribution is 6.02. The van der Waals surface area contributed by atoms with Gasteiger partial charge in [-0.25, -0.2) is 4.52 Å².